The molecular weight excluding hydrogens is 246 g/mol. The average Bonchev–Trinajstić information content (AvgIpc) is 2.89. The third-order valence-corrected chi connectivity index (χ3v) is 3.42. The van der Waals surface area contributed by atoms with Gasteiger partial charge in [0.25, 0.3) is 5.91 Å². The first-order chi connectivity index (χ1) is 9.21. The molecule has 1 aliphatic heterocycles. The molecule has 0 saturated carbocycles. The van der Waals surface area contributed by atoms with Crippen molar-refractivity contribution in [1.82, 2.24) is 4.90 Å². The maximum absolute atomic E-state index is 12.5. The van der Waals surface area contributed by atoms with Gasteiger partial charge in [0.15, 0.2) is 0 Å². The Morgan fingerprint density at radius 1 is 1.26 bits per heavy atom. The van der Waals surface area contributed by atoms with Crippen molar-refractivity contribution in [2.45, 2.75) is 12.2 Å². The molecule has 2 atom stereocenters. The molecule has 1 heterocycles. The minimum Gasteiger partial charge on any atom is -0.377 e. The van der Waals surface area contributed by atoms with Gasteiger partial charge >= 0.3 is 0 Å². The summed E-state index contributed by atoms with van der Waals surface area (Å²) in [6.07, 6.45) is -0.182. The number of para-hydroxylation sites is 1. The zero-order valence-corrected chi connectivity index (χ0v) is 11.1. The predicted molar refractivity (Wildman–Crippen MR) is 71.7 cm³/mol. The second kappa shape index (κ2) is 6.01. The highest BCUT2D eigenvalue weighted by molar-refractivity contribution is 5.99. The van der Waals surface area contributed by atoms with Crippen LogP contribution in [0, 0.1) is 0 Å². The van der Waals surface area contributed by atoms with E-state index in [1.807, 2.05) is 12.1 Å². The number of carbonyl (C=O) groups is 1. The lowest BCUT2D eigenvalue weighted by Crippen LogP contribution is -2.31. The molecule has 2 rings (SSSR count). The molecule has 2 unspecified atom stereocenters. The molecule has 3 N–H and O–H groups in total. The van der Waals surface area contributed by atoms with E-state index >= 15 is 0 Å². The fourth-order valence-electron chi connectivity index (χ4n) is 2.33. The van der Waals surface area contributed by atoms with Crippen molar-refractivity contribution >= 4 is 11.6 Å². The Bertz CT molecular complexity index is 441. The van der Waals surface area contributed by atoms with Crippen LogP contribution in [0.1, 0.15) is 10.4 Å². The van der Waals surface area contributed by atoms with Crippen molar-refractivity contribution in [3.63, 3.8) is 0 Å². The van der Waals surface area contributed by atoms with Crippen LogP contribution >= 0.6 is 0 Å². The van der Waals surface area contributed by atoms with E-state index in [1.165, 1.54) is 0 Å². The number of hydrogen-bond acceptors (Lipinski definition) is 5. The number of hydrazine groups is 1. The smallest absolute Gasteiger partial charge is 0.256 e. The fourth-order valence-corrected chi connectivity index (χ4v) is 2.33. The highest BCUT2D eigenvalue weighted by atomic mass is 16.5. The fraction of sp³-hybridized carbons (Fsp3) is 0.462. The van der Waals surface area contributed by atoms with Crippen molar-refractivity contribution in [2.24, 2.45) is 5.84 Å². The second-order valence-electron chi connectivity index (χ2n) is 4.45. The van der Waals surface area contributed by atoms with Gasteiger partial charge in [-0.05, 0) is 12.1 Å². The first-order valence-electron chi connectivity index (χ1n) is 6.11. The Hall–Kier alpha value is -1.63. The van der Waals surface area contributed by atoms with Crippen molar-refractivity contribution in [2.75, 3.05) is 32.7 Å². The van der Waals surface area contributed by atoms with E-state index in [9.17, 15) is 4.79 Å². The minimum absolute atomic E-state index is 0.0739. The number of nitrogens with one attached hydrogen (secondary N) is 1. The highest BCUT2D eigenvalue weighted by Crippen LogP contribution is 2.21. The molecule has 1 aliphatic rings. The van der Waals surface area contributed by atoms with Crippen LogP contribution in [-0.4, -0.2) is 50.3 Å². The SMILES string of the molecule is COC1CN(C(=O)c2ccccc2NN)CC1OC. The largest absolute Gasteiger partial charge is 0.377 e. The number of amides is 1. The van der Waals surface area contributed by atoms with Crippen LogP contribution in [0.15, 0.2) is 24.3 Å². The van der Waals surface area contributed by atoms with E-state index in [1.54, 1.807) is 31.3 Å². The maximum atomic E-state index is 12.5. The van der Waals surface area contributed by atoms with Crippen LogP contribution in [0.4, 0.5) is 5.69 Å². The van der Waals surface area contributed by atoms with E-state index in [0.29, 0.717) is 24.3 Å². The van der Waals surface area contributed by atoms with Crippen LogP contribution in [0.2, 0.25) is 0 Å². The van der Waals surface area contributed by atoms with Gasteiger partial charge < -0.3 is 19.8 Å². The van der Waals surface area contributed by atoms with E-state index < -0.39 is 0 Å². The second-order valence-corrected chi connectivity index (χ2v) is 4.45. The molecule has 0 spiro atoms. The molecular formula is C13H19N3O3. The third kappa shape index (κ3) is 2.70. The topological polar surface area (TPSA) is 76.8 Å². The normalized spacial score (nSPS) is 22.6. The van der Waals surface area contributed by atoms with Crippen molar-refractivity contribution < 1.29 is 14.3 Å². The molecule has 19 heavy (non-hydrogen) atoms. The average molecular weight is 265 g/mol. The zero-order valence-electron chi connectivity index (χ0n) is 11.1. The quantitative estimate of drug-likeness (QED) is 0.611. The summed E-state index contributed by atoms with van der Waals surface area (Å²) in [7, 11) is 3.25. The van der Waals surface area contributed by atoms with Gasteiger partial charge in [0, 0.05) is 27.3 Å². The van der Waals surface area contributed by atoms with Gasteiger partial charge in [-0.2, -0.15) is 0 Å². The number of benzene rings is 1. The zero-order chi connectivity index (χ0) is 13.8. The van der Waals surface area contributed by atoms with Crippen molar-refractivity contribution in [3.05, 3.63) is 29.8 Å². The summed E-state index contributed by atoms with van der Waals surface area (Å²) in [5, 5.41) is 0. The van der Waals surface area contributed by atoms with Gasteiger partial charge in [-0.1, -0.05) is 12.1 Å². The molecule has 0 aliphatic carbocycles. The van der Waals surface area contributed by atoms with E-state index in [4.69, 9.17) is 15.3 Å². The molecule has 0 radical (unpaired) electrons. The number of nitrogens with two attached hydrogens (primary N) is 1. The Balaban J connectivity index is 2.17. The number of methoxy groups -OCH3 is 2. The molecule has 1 aromatic rings. The van der Waals surface area contributed by atoms with Gasteiger partial charge in [0.2, 0.25) is 0 Å². The number of nitrogen functional groups attached to an aromatic ring is 1. The van der Waals surface area contributed by atoms with E-state index in [0.717, 1.165) is 0 Å². The van der Waals surface area contributed by atoms with Crippen LogP contribution in [-0.2, 0) is 9.47 Å². The maximum Gasteiger partial charge on any atom is 0.256 e. The molecule has 6 heteroatoms. The van der Waals surface area contributed by atoms with Gasteiger partial charge in [0.05, 0.1) is 11.3 Å². The molecule has 104 valence electrons. The van der Waals surface area contributed by atoms with Gasteiger partial charge in [-0.3, -0.25) is 10.6 Å². The first-order valence-corrected chi connectivity index (χ1v) is 6.11. The van der Waals surface area contributed by atoms with Gasteiger partial charge in [-0.25, -0.2) is 0 Å². The number of ether oxygens (including phenoxy) is 2. The number of rotatable bonds is 4. The monoisotopic (exact) mass is 265 g/mol. The van der Waals surface area contributed by atoms with Gasteiger partial charge in [0.1, 0.15) is 12.2 Å². The molecule has 1 aromatic carbocycles. The van der Waals surface area contributed by atoms with Crippen LogP contribution < -0.4 is 11.3 Å². The Kier molecular flexibility index (Phi) is 4.36. The molecule has 0 aromatic heterocycles. The lowest BCUT2D eigenvalue weighted by atomic mass is 10.1. The summed E-state index contributed by atoms with van der Waals surface area (Å²) in [5.74, 6) is 5.35. The van der Waals surface area contributed by atoms with Crippen LogP contribution in [0.25, 0.3) is 0 Å². The summed E-state index contributed by atoms with van der Waals surface area (Å²) in [5.41, 5.74) is 3.71. The van der Waals surface area contributed by atoms with E-state index in [2.05, 4.69) is 5.43 Å². The number of anilines is 1. The molecule has 1 saturated heterocycles. The molecule has 6 nitrogen and oxygen atoms in total. The molecule has 1 fully saturated rings. The third-order valence-electron chi connectivity index (χ3n) is 3.42. The number of nitrogens with zero attached hydrogens (tertiary/aromatic N) is 1. The number of hydrogen-bond donors (Lipinski definition) is 2. The summed E-state index contributed by atoms with van der Waals surface area (Å²) in [6, 6.07) is 7.15. The summed E-state index contributed by atoms with van der Waals surface area (Å²) >= 11 is 0. The lowest BCUT2D eigenvalue weighted by Gasteiger charge is -2.17. The Labute approximate surface area is 112 Å². The number of likely N-dealkylation sites (tertiary alicyclic amines) is 1. The van der Waals surface area contributed by atoms with Gasteiger partial charge in [-0.15, -0.1) is 0 Å². The highest BCUT2D eigenvalue weighted by Gasteiger charge is 2.36. The first kappa shape index (κ1) is 13.8. The summed E-state index contributed by atoms with van der Waals surface area (Å²) in [6.45, 7) is 1.04. The summed E-state index contributed by atoms with van der Waals surface area (Å²) in [4.78, 5) is 14.2. The predicted octanol–water partition coefficient (Wildman–Crippen LogP) is 0.458. The Morgan fingerprint density at radius 3 is 2.37 bits per heavy atom. The Morgan fingerprint density at radius 2 is 1.84 bits per heavy atom. The van der Waals surface area contributed by atoms with Crippen LogP contribution in [0.3, 0.4) is 0 Å². The van der Waals surface area contributed by atoms with E-state index in [-0.39, 0.29) is 18.1 Å². The molecule has 1 amide bonds. The standard InChI is InChI=1S/C13H19N3O3/c1-18-11-7-16(8-12(11)19-2)13(17)9-5-3-4-6-10(9)15-14/h3-6,11-12,15H,7-8,14H2,1-2H3. The van der Waals surface area contributed by atoms with Crippen LogP contribution in [0.5, 0.6) is 0 Å². The van der Waals surface area contributed by atoms with Crippen molar-refractivity contribution in [3.8, 4) is 0 Å². The lowest BCUT2D eigenvalue weighted by molar-refractivity contribution is -0.00461. The minimum atomic E-state index is -0.0908. The van der Waals surface area contributed by atoms with Crippen molar-refractivity contribution in [1.29, 1.82) is 0 Å². The summed E-state index contributed by atoms with van der Waals surface area (Å²) < 4.78 is 10.7. The molecule has 0 bridgehead atoms. The number of carbonyl (C=O) groups excluding carboxylic acids is 1.